The highest BCUT2D eigenvalue weighted by Crippen LogP contribution is 2.26. The van der Waals surface area contributed by atoms with Gasteiger partial charge in [0.25, 0.3) is 11.8 Å². The summed E-state index contributed by atoms with van der Waals surface area (Å²) < 4.78 is 16.5. The SMILES string of the molecule is COc1ccc(OCCNC(=O)c2cc3ccccc3cc2OCC(=O)NC2CC2)cc1. The fraction of sp³-hybridized carbons (Fsp3) is 0.280. The van der Waals surface area contributed by atoms with Crippen molar-refractivity contribution in [2.75, 3.05) is 26.9 Å². The summed E-state index contributed by atoms with van der Waals surface area (Å²) in [5.74, 6) is 1.35. The Bertz CT molecular complexity index is 1090. The zero-order valence-corrected chi connectivity index (χ0v) is 17.9. The number of ether oxygens (including phenoxy) is 3. The topological polar surface area (TPSA) is 85.9 Å². The number of hydrogen-bond donors (Lipinski definition) is 2. The number of hydrogen-bond acceptors (Lipinski definition) is 5. The monoisotopic (exact) mass is 434 g/mol. The van der Waals surface area contributed by atoms with Crippen LogP contribution in [0.4, 0.5) is 0 Å². The van der Waals surface area contributed by atoms with E-state index in [2.05, 4.69) is 10.6 Å². The first-order chi connectivity index (χ1) is 15.6. The normalized spacial score (nSPS) is 12.8. The van der Waals surface area contributed by atoms with Crippen molar-refractivity contribution >= 4 is 22.6 Å². The van der Waals surface area contributed by atoms with E-state index in [1.165, 1.54) is 0 Å². The molecule has 0 atom stereocenters. The van der Waals surface area contributed by atoms with E-state index in [9.17, 15) is 9.59 Å². The first-order valence-electron chi connectivity index (χ1n) is 10.6. The highest BCUT2D eigenvalue weighted by molar-refractivity contribution is 6.01. The number of amides is 2. The number of benzene rings is 3. The lowest BCUT2D eigenvalue weighted by molar-refractivity contribution is -0.123. The molecule has 3 aromatic rings. The van der Waals surface area contributed by atoms with Crippen molar-refractivity contribution in [2.24, 2.45) is 0 Å². The van der Waals surface area contributed by atoms with Gasteiger partial charge in [-0.3, -0.25) is 9.59 Å². The van der Waals surface area contributed by atoms with E-state index in [-0.39, 0.29) is 24.5 Å². The number of carbonyl (C=O) groups excluding carboxylic acids is 2. The molecule has 2 amide bonds. The fourth-order valence-corrected chi connectivity index (χ4v) is 3.26. The van der Waals surface area contributed by atoms with Gasteiger partial charge in [0, 0.05) is 6.04 Å². The molecule has 1 aliphatic rings. The Morgan fingerprint density at radius 3 is 2.31 bits per heavy atom. The Balaban J connectivity index is 1.38. The van der Waals surface area contributed by atoms with E-state index in [0.717, 1.165) is 29.4 Å². The van der Waals surface area contributed by atoms with Crippen LogP contribution in [0.1, 0.15) is 23.2 Å². The molecule has 0 bridgehead atoms. The van der Waals surface area contributed by atoms with Gasteiger partial charge < -0.3 is 24.8 Å². The highest BCUT2D eigenvalue weighted by atomic mass is 16.5. The maximum atomic E-state index is 12.9. The third kappa shape index (κ3) is 5.69. The zero-order valence-electron chi connectivity index (χ0n) is 17.9. The molecule has 0 unspecified atom stereocenters. The molecule has 0 saturated heterocycles. The maximum absolute atomic E-state index is 12.9. The standard InChI is InChI=1S/C25H26N2O5/c1-30-20-8-10-21(11-9-20)31-13-12-26-25(29)22-14-17-4-2-3-5-18(17)15-23(22)32-16-24(28)27-19-6-7-19/h2-5,8-11,14-15,19H,6-7,12-13,16H2,1H3,(H,26,29)(H,27,28). The van der Waals surface area contributed by atoms with Crippen LogP contribution in [0.15, 0.2) is 60.7 Å². The maximum Gasteiger partial charge on any atom is 0.258 e. The van der Waals surface area contributed by atoms with E-state index in [0.29, 0.717) is 30.2 Å². The Morgan fingerprint density at radius 2 is 1.62 bits per heavy atom. The molecule has 7 heteroatoms. The lowest BCUT2D eigenvalue weighted by atomic mass is 10.1. The van der Waals surface area contributed by atoms with Crippen molar-refractivity contribution in [1.29, 1.82) is 0 Å². The van der Waals surface area contributed by atoms with Crippen LogP contribution in [0.5, 0.6) is 17.2 Å². The molecule has 2 N–H and O–H groups in total. The molecule has 7 nitrogen and oxygen atoms in total. The molecule has 0 radical (unpaired) electrons. The summed E-state index contributed by atoms with van der Waals surface area (Å²) in [6.45, 7) is 0.501. The van der Waals surface area contributed by atoms with Crippen molar-refractivity contribution in [3.8, 4) is 17.2 Å². The minimum atomic E-state index is -0.285. The van der Waals surface area contributed by atoms with Crippen LogP contribution in [-0.4, -0.2) is 44.7 Å². The Morgan fingerprint density at radius 1 is 0.938 bits per heavy atom. The molecule has 166 valence electrons. The number of rotatable bonds is 10. The third-order valence-electron chi connectivity index (χ3n) is 5.11. The van der Waals surface area contributed by atoms with E-state index >= 15 is 0 Å². The molecular weight excluding hydrogens is 408 g/mol. The Labute approximate surface area is 186 Å². The van der Waals surface area contributed by atoms with Gasteiger partial charge in [-0.1, -0.05) is 24.3 Å². The minimum Gasteiger partial charge on any atom is -0.497 e. The first-order valence-corrected chi connectivity index (χ1v) is 10.6. The van der Waals surface area contributed by atoms with E-state index in [1.54, 1.807) is 19.2 Å². The van der Waals surface area contributed by atoms with Crippen LogP contribution in [0.25, 0.3) is 10.8 Å². The van der Waals surface area contributed by atoms with Crippen molar-refractivity contribution in [3.63, 3.8) is 0 Å². The third-order valence-corrected chi connectivity index (χ3v) is 5.11. The van der Waals surface area contributed by atoms with E-state index in [4.69, 9.17) is 14.2 Å². The van der Waals surface area contributed by atoms with Gasteiger partial charge >= 0.3 is 0 Å². The van der Waals surface area contributed by atoms with Crippen LogP contribution in [0.3, 0.4) is 0 Å². The molecule has 32 heavy (non-hydrogen) atoms. The molecular formula is C25H26N2O5. The zero-order chi connectivity index (χ0) is 22.3. The summed E-state index contributed by atoms with van der Waals surface area (Å²) in [6, 6.07) is 18.8. The summed E-state index contributed by atoms with van der Waals surface area (Å²) in [4.78, 5) is 24.9. The number of methoxy groups -OCH3 is 1. The van der Waals surface area contributed by atoms with Crippen LogP contribution >= 0.6 is 0 Å². The molecule has 0 heterocycles. The predicted molar refractivity (Wildman–Crippen MR) is 121 cm³/mol. The van der Waals surface area contributed by atoms with Crippen molar-refractivity contribution < 1.29 is 23.8 Å². The second-order valence-electron chi connectivity index (χ2n) is 7.61. The average molecular weight is 434 g/mol. The van der Waals surface area contributed by atoms with Gasteiger partial charge in [-0.05, 0) is 60.0 Å². The van der Waals surface area contributed by atoms with Gasteiger partial charge in [-0.2, -0.15) is 0 Å². The number of fused-ring (bicyclic) bond motifs is 1. The molecule has 3 aromatic carbocycles. The molecule has 0 aliphatic heterocycles. The highest BCUT2D eigenvalue weighted by Gasteiger charge is 2.23. The summed E-state index contributed by atoms with van der Waals surface area (Å²) in [6.07, 6.45) is 2.02. The van der Waals surface area contributed by atoms with Crippen molar-refractivity contribution in [1.82, 2.24) is 10.6 Å². The predicted octanol–water partition coefficient (Wildman–Crippen LogP) is 3.31. The second-order valence-corrected chi connectivity index (χ2v) is 7.61. The summed E-state index contributed by atoms with van der Waals surface area (Å²) in [5, 5.41) is 7.60. The van der Waals surface area contributed by atoms with Crippen LogP contribution in [0.2, 0.25) is 0 Å². The lowest BCUT2D eigenvalue weighted by Crippen LogP contribution is -2.31. The number of carbonyl (C=O) groups is 2. The quantitative estimate of drug-likeness (QED) is 0.478. The van der Waals surface area contributed by atoms with Crippen molar-refractivity contribution in [3.05, 3.63) is 66.2 Å². The molecule has 1 fully saturated rings. The van der Waals surface area contributed by atoms with Gasteiger partial charge in [0.1, 0.15) is 23.9 Å². The van der Waals surface area contributed by atoms with E-state index in [1.807, 2.05) is 48.5 Å². The first kappa shape index (κ1) is 21.5. The smallest absolute Gasteiger partial charge is 0.258 e. The summed E-state index contributed by atoms with van der Waals surface area (Å²) >= 11 is 0. The van der Waals surface area contributed by atoms with Crippen LogP contribution in [-0.2, 0) is 4.79 Å². The fourth-order valence-electron chi connectivity index (χ4n) is 3.26. The largest absolute Gasteiger partial charge is 0.497 e. The van der Waals surface area contributed by atoms with Crippen LogP contribution in [0, 0.1) is 0 Å². The molecule has 0 aromatic heterocycles. The molecule has 1 aliphatic carbocycles. The van der Waals surface area contributed by atoms with Gasteiger partial charge in [0.2, 0.25) is 0 Å². The van der Waals surface area contributed by atoms with Gasteiger partial charge in [0.05, 0.1) is 19.2 Å². The molecule has 0 spiro atoms. The average Bonchev–Trinajstić information content (AvgIpc) is 3.64. The Kier molecular flexibility index (Phi) is 6.75. The molecule has 1 saturated carbocycles. The van der Waals surface area contributed by atoms with Gasteiger partial charge in [-0.15, -0.1) is 0 Å². The van der Waals surface area contributed by atoms with Crippen LogP contribution < -0.4 is 24.8 Å². The Hall–Kier alpha value is -3.74. The summed E-state index contributed by atoms with van der Waals surface area (Å²) in [5.41, 5.74) is 0.382. The second kappa shape index (κ2) is 10.0. The van der Waals surface area contributed by atoms with Gasteiger partial charge in [0.15, 0.2) is 6.61 Å². The number of nitrogens with one attached hydrogen (secondary N) is 2. The van der Waals surface area contributed by atoms with E-state index < -0.39 is 0 Å². The summed E-state index contributed by atoms with van der Waals surface area (Å²) in [7, 11) is 1.61. The van der Waals surface area contributed by atoms with Gasteiger partial charge in [-0.25, -0.2) is 0 Å². The van der Waals surface area contributed by atoms with Crippen molar-refractivity contribution in [2.45, 2.75) is 18.9 Å². The minimum absolute atomic E-state index is 0.129. The lowest BCUT2D eigenvalue weighted by Gasteiger charge is -2.14. The molecule has 4 rings (SSSR count).